The summed E-state index contributed by atoms with van der Waals surface area (Å²) in [4.78, 5) is 16.7. The molecule has 5 heteroatoms. The molecule has 0 aliphatic heterocycles. The molecular formula is C12H12N2O2S. The largest absolute Gasteiger partial charge is 0.476 e. The summed E-state index contributed by atoms with van der Waals surface area (Å²) in [6.45, 7) is 2.01. The Hall–Kier alpha value is -1.88. The summed E-state index contributed by atoms with van der Waals surface area (Å²) in [7, 11) is 1.88. The lowest BCUT2D eigenvalue weighted by Gasteiger charge is -2.17. The fourth-order valence-corrected chi connectivity index (χ4v) is 2.34. The van der Waals surface area contributed by atoms with E-state index in [9.17, 15) is 4.79 Å². The molecule has 0 aliphatic carbocycles. The van der Waals surface area contributed by atoms with E-state index in [0.717, 1.165) is 11.3 Å². The van der Waals surface area contributed by atoms with Crippen molar-refractivity contribution in [2.45, 2.75) is 6.92 Å². The minimum atomic E-state index is -0.995. The van der Waals surface area contributed by atoms with Crippen LogP contribution in [-0.2, 0) is 0 Å². The lowest BCUT2D eigenvalue weighted by molar-refractivity contribution is 0.0691. The average molecular weight is 248 g/mol. The quantitative estimate of drug-likeness (QED) is 0.907. The number of para-hydroxylation sites is 1. The third-order valence-corrected chi connectivity index (χ3v) is 3.39. The minimum absolute atomic E-state index is 0.0884. The number of aromatic nitrogens is 1. The van der Waals surface area contributed by atoms with Gasteiger partial charge in [0, 0.05) is 18.1 Å². The molecular weight excluding hydrogens is 236 g/mol. The molecule has 0 aliphatic rings. The Morgan fingerprint density at radius 2 is 2.12 bits per heavy atom. The summed E-state index contributed by atoms with van der Waals surface area (Å²) in [5.74, 6) is -0.995. The Kier molecular flexibility index (Phi) is 3.10. The van der Waals surface area contributed by atoms with E-state index in [1.807, 2.05) is 43.1 Å². The van der Waals surface area contributed by atoms with Crippen LogP contribution in [0.1, 0.15) is 16.1 Å². The van der Waals surface area contributed by atoms with Gasteiger partial charge in [0.1, 0.15) is 0 Å². The molecule has 1 aromatic heterocycles. The van der Waals surface area contributed by atoms with Crippen molar-refractivity contribution in [1.29, 1.82) is 0 Å². The zero-order valence-corrected chi connectivity index (χ0v) is 10.4. The normalized spacial score (nSPS) is 10.2. The zero-order valence-electron chi connectivity index (χ0n) is 9.54. The molecule has 0 saturated carbocycles. The van der Waals surface area contributed by atoms with Crippen LogP contribution in [0, 0.1) is 6.92 Å². The first-order valence-corrected chi connectivity index (χ1v) is 5.95. The Bertz CT molecular complexity index is 551. The summed E-state index contributed by atoms with van der Waals surface area (Å²) < 4.78 is 0. The molecule has 2 aromatic rings. The van der Waals surface area contributed by atoms with Gasteiger partial charge in [-0.15, -0.1) is 11.3 Å². The highest BCUT2D eigenvalue weighted by atomic mass is 32.1. The Morgan fingerprint density at radius 1 is 1.41 bits per heavy atom. The maximum absolute atomic E-state index is 10.8. The summed E-state index contributed by atoms with van der Waals surface area (Å²) in [5.41, 5.74) is 2.24. The molecule has 4 nitrogen and oxygen atoms in total. The second-order valence-corrected chi connectivity index (χ2v) is 4.50. The van der Waals surface area contributed by atoms with Crippen molar-refractivity contribution in [3.05, 3.63) is 40.9 Å². The Morgan fingerprint density at radius 3 is 2.71 bits per heavy atom. The number of rotatable bonds is 3. The van der Waals surface area contributed by atoms with Crippen LogP contribution in [0.5, 0.6) is 0 Å². The molecule has 0 amide bonds. The van der Waals surface area contributed by atoms with Gasteiger partial charge in [0.15, 0.2) is 10.8 Å². The second kappa shape index (κ2) is 4.55. The fourth-order valence-electron chi connectivity index (χ4n) is 1.56. The molecule has 0 bridgehead atoms. The van der Waals surface area contributed by atoms with E-state index in [4.69, 9.17) is 5.11 Å². The lowest BCUT2D eigenvalue weighted by Crippen LogP contribution is -2.11. The first-order chi connectivity index (χ1) is 8.09. The molecule has 1 N–H and O–H groups in total. The van der Waals surface area contributed by atoms with Crippen LogP contribution < -0.4 is 4.90 Å². The van der Waals surface area contributed by atoms with E-state index in [0.29, 0.717) is 5.13 Å². The first-order valence-electron chi connectivity index (χ1n) is 5.08. The van der Waals surface area contributed by atoms with Crippen LogP contribution in [0.2, 0.25) is 0 Å². The number of thiazole rings is 1. The number of carboxylic acid groups (broad SMARTS) is 1. The van der Waals surface area contributed by atoms with Crippen molar-refractivity contribution in [2.75, 3.05) is 11.9 Å². The van der Waals surface area contributed by atoms with Crippen LogP contribution in [0.25, 0.3) is 0 Å². The molecule has 1 aromatic carbocycles. The van der Waals surface area contributed by atoms with E-state index in [1.54, 1.807) is 5.38 Å². The van der Waals surface area contributed by atoms with E-state index >= 15 is 0 Å². The Balaban J connectivity index is 2.34. The SMILES string of the molecule is Cc1ccccc1N(C)c1nc(C(=O)O)cs1. The molecule has 0 unspecified atom stereocenters. The summed E-state index contributed by atoms with van der Waals surface area (Å²) >= 11 is 1.32. The molecule has 17 heavy (non-hydrogen) atoms. The smallest absolute Gasteiger partial charge is 0.355 e. The number of carbonyl (C=O) groups is 1. The third-order valence-electron chi connectivity index (χ3n) is 2.47. The number of aryl methyl sites for hydroxylation is 1. The number of benzene rings is 1. The van der Waals surface area contributed by atoms with Gasteiger partial charge in [-0.3, -0.25) is 0 Å². The number of hydrogen-bond donors (Lipinski definition) is 1. The van der Waals surface area contributed by atoms with Gasteiger partial charge < -0.3 is 10.0 Å². The van der Waals surface area contributed by atoms with E-state index < -0.39 is 5.97 Å². The van der Waals surface area contributed by atoms with Crippen LogP contribution >= 0.6 is 11.3 Å². The van der Waals surface area contributed by atoms with Crippen molar-refractivity contribution in [1.82, 2.24) is 4.98 Å². The molecule has 88 valence electrons. The second-order valence-electron chi connectivity index (χ2n) is 3.67. The van der Waals surface area contributed by atoms with Crippen LogP contribution in [0.4, 0.5) is 10.8 Å². The van der Waals surface area contributed by atoms with Gasteiger partial charge in [-0.05, 0) is 18.6 Å². The monoisotopic (exact) mass is 248 g/mol. The summed E-state index contributed by atoms with van der Waals surface area (Å²) in [6, 6.07) is 7.91. The van der Waals surface area contributed by atoms with Gasteiger partial charge in [-0.25, -0.2) is 9.78 Å². The number of anilines is 2. The van der Waals surface area contributed by atoms with E-state index in [2.05, 4.69) is 4.98 Å². The maximum Gasteiger partial charge on any atom is 0.355 e. The van der Waals surface area contributed by atoms with Gasteiger partial charge in [0.2, 0.25) is 0 Å². The number of nitrogens with zero attached hydrogens (tertiary/aromatic N) is 2. The molecule has 2 rings (SSSR count). The standard InChI is InChI=1S/C12H12N2O2S/c1-8-5-3-4-6-10(8)14(2)12-13-9(7-17-12)11(15)16/h3-7H,1-2H3,(H,15,16). The molecule has 0 fully saturated rings. The topological polar surface area (TPSA) is 53.4 Å². The number of hydrogen-bond acceptors (Lipinski definition) is 4. The maximum atomic E-state index is 10.8. The molecule has 0 spiro atoms. The highest BCUT2D eigenvalue weighted by Crippen LogP contribution is 2.28. The molecule has 0 saturated heterocycles. The van der Waals surface area contributed by atoms with E-state index in [-0.39, 0.29) is 5.69 Å². The lowest BCUT2D eigenvalue weighted by atomic mass is 10.2. The van der Waals surface area contributed by atoms with Crippen LogP contribution in [-0.4, -0.2) is 23.1 Å². The first kappa shape index (κ1) is 11.6. The number of carboxylic acids is 1. The summed E-state index contributed by atoms with van der Waals surface area (Å²) in [6.07, 6.45) is 0. The predicted octanol–water partition coefficient (Wildman–Crippen LogP) is 2.92. The highest BCUT2D eigenvalue weighted by Gasteiger charge is 2.13. The van der Waals surface area contributed by atoms with Gasteiger partial charge in [-0.2, -0.15) is 0 Å². The van der Waals surface area contributed by atoms with Crippen molar-refractivity contribution in [3.8, 4) is 0 Å². The van der Waals surface area contributed by atoms with Gasteiger partial charge in [0.25, 0.3) is 0 Å². The zero-order chi connectivity index (χ0) is 12.4. The van der Waals surface area contributed by atoms with E-state index in [1.165, 1.54) is 11.3 Å². The Labute approximate surface area is 103 Å². The van der Waals surface area contributed by atoms with Gasteiger partial charge in [-0.1, -0.05) is 18.2 Å². The highest BCUT2D eigenvalue weighted by molar-refractivity contribution is 7.14. The van der Waals surface area contributed by atoms with Gasteiger partial charge in [0.05, 0.1) is 0 Å². The fraction of sp³-hybridized carbons (Fsp3) is 0.167. The van der Waals surface area contributed by atoms with Gasteiger partial charge >= 0.3 is 5.97 Å². The summed E-state index contributed by atoms with van der Waals surface area (Å²) in [5, 5.41) is 11.1. The van der Waals surface area contributed by atoms with Crippen molar-refractivity contribution < 1.29 is 9.90 Å². The van der Waals surface area contributed by atoms with Crippen LogP contribution in [0.3, 0.4) is 0 Å². The van der Waals surface area contributed by atoms with Crippen molar-refractivity contribution >= 4 is 28.1 Å². The van der Waals surface area contributed by atoms with Crippen molar-refractivity contribution in [2.24, 2.45) is 0 Å². The molecule has 0 radical (unpaired) electrons. The molecule has 0 atom stereocenters. The third kappa shape index (κ3) is 2.29. The van der Waals surface area contributed by atoms with Crippen LogP contribution in [0.15, 0.2) is 29.6 Å². The van der Waals surface area contributed by atoms with Crippen molar-refractivity contribution in [3.63, 3.8) is 0 Å². The molecule has 1 heterocycles. The predicted molar refractivity (Wildman–Crippen MR) is 68.3 cm³/mol. The minimum Gasteiger partial charge on any atom is -0.476 e. The number of aromatic carboxylic acids is 1. The average Bonchev–Trinajstić information content (AvgIpc) is 2.78.